The first-order chi connectivity index (χ1) is 4.68. The van der Waals surface area contributed by atoms with Crippen LogP contribution in [0.4, 0.5) is 0 Å². The van der Waals surface area contributed by atoms with E-state index in [1.54, 1.807) is 0 Å². The van der Waals surface area contributed by atoms with Gasteiger partial charge in [0.25, 0.3) is 0 Å². The molecule has 0 aromatic carbocycles. The van der Waals surface area contributed by atoms with Gasteiger partial charge in [0, 0.05) is 25.8 Å². The molecule has 0 aliphatic rings. The van der Waals surface area contributed by atoms with E-state index in [4.69, 9.17) is 0 Å². The van der Waals surface area contributed by atoms with Crippen LogP contribution in [0.15, 0.2) is 12.3 Å². The summed E-state index contributed by atoms with van der Waals surface area (Å²) in [6.07, 6.45) is 0. The second-order valence-electron chi connectivity index (χ2n) is 2.51. The zero-order valence-electron chi connectivity index (χ0n) is 7.28. The van der Waals surface area contributed by atoms with Gasteiger partial charge in [-0.1, -0.05) is 13.5 Å². The fraction of sp³-hybridized carbons (Fsp3) is 0.750. The van der Waals surface area contributed by atoms with Crippen LogP contribution in [0.5, 0.6) is 0 Å². The van der Waals surface area contributed by atoms with E-state index in [0.29, 0.717) is 0 Å². The lowest BCUT2D eigenvalue weighted by Crippen LogP contribution is -2.27. The van der Waals surface area contributed by atoms with Gasteiger partial charge in [-0.3, -0.25) is 0 Å². The molecule has 0 atom stereocenters. The monoisotopic (exact) mass is 142 g/mol. The van der Waals surface area contributed by atoms with Crippen molar-refractivity contribution in [3.05, 3.63) is 12.3 Å². The zero-order valence-corrected chi connectivity index (χ0v) is 7.28. The van der Waals surface area contributed by atoms with Gasteiger partial charge in [-0.2, -0.15) is 0 Å². The molecule has 0 aromatic rings. The molecule has 2 nitrogen and oxygen atoms in total. The molecule has 0 heterocycles. The number of hydrogen-bond donors (Lipinski definition) is 1. The highest BCUT2D eigenvalue weighted by atomic mass is 15.1. The molecular weight excluding hydrogens is 124 g/mol. The predicted octanol–water partition coefficient (Wildman–Crippen LogP) is 1.06. The molecule has 0 spiro atoms. The summed E-state index contributed by atoms with van der Waals surface area (Å²) in [7, 11) is 2.06. The van der Waals surface area contributed by atoms with Crippen LogP contribution in [0.1, 0.15) is 13.8 Å². The average molecular weight is 142 g/mol. The highest BCUT2D eigenvalue weighted by Gasteiger charge is 1.93. The molecule has 0 saturated carbocycles. The van der Waals surface area contributed by atoms with E-state index in [1.165, 1.54) is 0 Å². The van der Waals surface area contributed by atoms with E-state index >= 15 is 0 Å². The van der Waals surface area contributed by atoms with Crippen molar-refractivity contribution in [3.8, 4) is 0 Å². The molecule has 60 valence electrons. The Kier molecular flexibility index (Phi) is 5.03. The highest BCUT2D eigenvalue weighted by Crippen LogP contribution is 1.92. The molecule has 0 rings (SSSR count). The lowest BCUT2D eigenvalue weighted by molar-refractivity contribution is 0.413. The molecule has 0 fully saturated rings. The molecule has 10 heavy (non-hydrogen) atoms. The van der Waals surface area contributed by atoms with E-state index in [9.17, 15) is 0 Å². The molecule has 0 bridgehead atoms. The van der Waals surface area contributed by atoms with Gasteiger partial charge in [0.1, 0.15) is 0 Å². The van der Waals surface area contributed by atoms with Crippen molar-refractivity contribution >= 4 is 0 Å². The quantitative estimate of drug-likeness (QED) is 0.577. The normalized spacial score (nSPS) is 9.50. The maximum atomic E-state index is 3.83. The molecule has 0 aliphatic heterocycles. The van der Waals surface area contributed by atoms with E-state index in [2.05, 4.69) is 30.8 Å². The summed E-state index contributed by atoms with van der Waals surface area (Å²) in [5.74, 6) is 0. The average Bonchev–Trinajstić information content (AvgIpc) is 1.88. The molecule has 2 heteroatoms. The van der Waals surface area contributed by atoms with Crippen LogP contribution in [0.2, 0.25) is 0 Å². The van der Waals surface area contributed by atoms with Gasteiger partial charge in [-0.25, -0.2) is 0 Å². The van der Waals surface area contributed by atoms with Gasteiger partial charge in [0.05, 0.1) is 0 Å². The summed E-state index contributed by atoms with van der Waals surface area (Å²) in [6.45, 7) is 11.1. The fourth-order valence-corrected chi connectivity index (χ4v) is 0.614. The summed E-state index contributed by atoms with van der Waals surface area (Å²) in [5, 5.41) is 3.25. The molecule has 0 saturated heterocycles. The topological polar surface area (TPSA) is 15.3 Å². The first kappa shape index (κ1) is 9.50. The molecule has 0 aliphatic carbocycles. The van der Waals surface area contributed by atoms with Gasteiger partial charge in [-0.05, 0) is 13.5 Å². The van der Waals surface area contributed by atoms with Crippen LogP contribution in [-0.4, -0.2) is 31.6 Å². The van der Waals surface area contributed by atoms with Gasteiger partial charge in [-0.15, -0.1) is 0 Å². The zero-order chi connectivity index (χ0) is 7.98. The van der Waals surface area contributed by atoms with Crippen molar-refractivity contribution in [1.82, 2.24) is 10.2 Å². The minimum Gasteiger partial charge on any atom is -0.377 e. The number of likely N-dealkylation sites (N-methyl/N-ethyl adjacent to an activating group) is 2. The maximum Gasteiger partial charge on any atom is 0.0296 e. The molecule has 1 N–H and O–H groups in total. The number of nitrogens with one attached hydrogen (secondary N) is 1. The van der Waals surface area contributed by atoms with E-state index in [-0.39, 0.29) is 0 Å². The standard InChI is InChI=1S/C8H18N2/c1-5-9-6-7-10(4)8(2)3/h9H,2,5-7H2,1,3-4H3. The number of hydrogen-bond acceptors (Lipinski definition) is 2. The minimum atomic E-state index is 1.04. The van der Waals surface area contributed by atoms with Crippen molar-refractivity contribution in [2.45, 2.75) is 13.8 Å². The van der Waals surface area contributed by atoms with Crippen LogP contribution in [0.3, 0.4) is 0 Å². The van der Waals surface area contributed by atoms with Crippen molar-refractivity contribution < 1.29 is 0 Å². The SMILES string of the molecule is C=C(C)N(C)CCNCC. The molecule has 0 radical (unpaired) electrons. The summed E-state index contributed by atoms with van der Waals surface area (Å²) in [5.41, 5.74) is 1.12. The van der Waals surface area contributed by atoms with Crippen LogP contribution in [-0.2, 0) is 0 Å². The van der Waals surface area contributed by atoms with Gasteiger partial charge in [0.2, 0.25) is 0 Å². The summed E-state index contributed by atoms with van der Waals surface area (Å²) < 4.78 is 0. The Hall–Kier alpha value is -0.500. The Labute approximate surface area is 63.9 Å². The lowest BCUT2D eigenvalue weighted by atomic mass is 10.4. The smallest absolute Gasteiger partial charge is 0.0296 e. The van der Waals surface area contributed by atoms with Crippen LogP contribution < -0.4 is 5.32 Å². The highest BCUT2D eigenvalue weighted by molar-refractivity contribution is 4.85. The summed E-state index contributed by atoms with van der Waals surface area (Å²) in [6, 6.07) is 0. The van der Waals surface area contributed by atoms with E-state index in [0.717, 1.165) is 25.3 Å². The maximum absolute atomic E-state index is 3.83. The minimum absolute atomic E-state index is 1.04. The Balaban J connectivity index is 3.21. The predicted molar refractivity (Wildman–Crippen MR) is 46.0 cm³/mol. The Bertz CT molecular complexity index is 99.4. The van der Waals surface area contributed by atoms with Crippen molar-refractivity contribution in [2.24, 2.45) is 0 Å². The van der Waals surface area contributed by atoms with Crippen molar-refractivity contribution in [2.75, 3.05) is 26.7 Å². The van der Waals surface area contributed by atoms with Crippen LogP contribution >= 0.6 is 0 Å². The van der Waals surface area contributed by atoms with Gasteiger partial charge in [0.15, 0.2) is 0 Å². The first-order valence-corrected chi connectivity index (χ1v) is 3.75. The number of allylic oxidation sites excluding steroid dienone is 1. The fourth-order valence-electron chi connectivity index (χ4n) is 0.614. The summed E-state index contributed by atoms with van der Waals surface area (Å²) in [4.78, 5) is 2.14. The Morgan fingerprint density at radius 2 is 2.20 bits per heavy atom. The summed E-state index contributed by atoms with van der Waals surface area (Å²) >= 11 is 0. The van der Waals surface area contributed by atoms with Crippen LogP contribution in [0.25, 0.3) is 0 Å². The molecular formula is C8H18N2. The van der Waals surface area contributed by atoms with E-state index in [1.807, 2.05) is 6.92 Å². The lowest BCUT2D eigenvalue weighted by Gasteiger charge is -2.18. The molecule has 0 aromatic heterocycles. The Morgan fingerprint density at radius 3 is 2.60 bits per heavy atom. The van der Waals surface area contributed by atoms with Gasteiger partial charge < -0.3 is 10.2 Å². The van der Waals surface area contributed by atoms with Gasteiger partial charge >= 0.3 is 0 Å². The number of rotatable bonds is 5. The van der Waals surface area contributed by atoms with E-state index < -0.39 is 0 Å². The first-order valence-electron chi connectivity index (χ1n) is 3.75. The van der Waals surface area contributed by atoms with Crippen molar-refractivity contribution in [1.29, 1.82) is 0 Å². The number of nitrogens with zero attached hydrogens (tertiary/aromatic N) is 1. The third-order valence-electron chi connectivity index (χ3n) is 1.53. The second-order valence-corrected chi connectivity index (χ2v) is 2.51. The van der Waals surface area contributed by atoms with Crippen LogP contribution in [0, 0.1) is 0 Å². The molecule has 0 amide bonds. The third kappa shape index (κ3) is 4.39. The second kappa shape index (κ2) is 5.30. The third-order valence-corrected chi connectivity index (χ3v) is 1.53. The molecule has 0 unspecified atom stereocenters. The van der Waals surface area contributed by atoms with Crippen molar-refractivity contribution in [3.63, 3.8) is 0 Å². The largest absolute Gasteiger partial charge is 0.377 e. The Morgan fingerprint density at radius 1 is 1.60 bits per heavy atom.